The highest BCUT2D eigenvalue weighted by molar-refractivity contribution is 5.76. The van der Waals surface area contributed by atoms with Gasteiger partial charge in [-0.05, 0) is 31.5 Å². The molecule has 2 aromatic rings. The van der Waals surface area contributed by atoms with Crippen molar-refractivity contribution in [2.45, 2.75) is 18.9 Å². The van der Waals surface area contributed by atoms with Crippen LogP contribution >= 0.6 is 0 Å². The smallest absolute Gasteiger partial charge is 0.315 e. The van der Waals surface area contributed by atoms with E-state index in [-0.39, 0.29) is 17.3 Å². The number of H-pyrrole nitrogens is 1. The summed E-state index contributed by atoms with van der Waals surface area (Å²) in [5.41, 5.74) is 0.1000. The second-order valence-electron chi connectivity index (χ2n) is 4.65. The lowest BCUT2D eigenvalue weighted by molar-refractivity contribution is 0.355. The molecule has 1 fully saturated rings. The van der Waals surface area contributed by atoms with Crippen LogP contribution in [0.25, 0.3) is 10.9 Å². The minimum absolute atomic E-state index is 0.0420. The SMILES string of the molecule is O=c1[nH]c2ccccc2c(=O)n1[C@@H]1CCCNC1. The lowest BCUT2D eigenvalue weighted by Crippen LogP contribution is -2.43. The number of para-hydroxylation sites is 1. The average molecular weight is 245 g/mol. The summed E-state index contributed by atoms with van der Waals surface area (Å²) in [6, 6.07) is 7.08. The number of piperidine rings is 1. The number of nitrogens with zero attached hydrogens (tertiary/aromatic N) is 1. The van der Waals surface area contributed by atoms with Crippen molar-refractivity contribution in [2.75, 3.05) is 13.1 Å². The molecule has 5 nitrogen and oxygen atoms in total. The van der Waals surface area contributed by atoms with Crippen LogP contribution in [-0.4, -0.2) is 22.6 Å². The molecule has 1 saturated heterocycles. The second kappa shape index (κ2) is 4.42. The molecule has 18 heavy (non-hydrogen) atoms. The molecule has 0 radical (unpaired) electrons. The van der Waals surface area contributed by atoms with Crippen LogP contribution in [0.2, 0.25) is 0 Å². The lowest BCUT2D eigenvalue weighted by atomic mass is 10.1. The van der Waals surface area contributed by atoms with Gasteiger partial charge in [-0.3, -0.25) is 9.36 Å². The molecule has 3 rings (SSSR count). The van der Waals surface area contributed by atoms with Gasteiger partial charge >= 0.3 is 5.69 Å². The maximum absolute atomic E-state index is 12.4. The fourth-order valence-electron chi connectivity index (χ4n) is 2.56. The van der Waals surface area contributed by atoms with Crippen molar-refractivity contribution in [1.82, 2.24) is 14.9 Å². The molecule has 1 aromatic carbocycles. The van der Waals surface area contributed by atoms with Crippen LogP contribution in [0.15, 0.2) is 33.9 Å². The Kier molecular flexibility index (Phi) is 2.76. The summed E-state index contributed by atoms with van der Waals surface area (Å²) in [5.74, 6) is 0. The third kappa shape index (κ3) is 1.76. The van der Waals surface area contributed by atoms with E-state index < -0.39 is 0 Å². The van der Waals surface area contributed by atoms with E-state index in [0.717, 1.165) is 19.4 Å². The van der Waals surface area contributed by atoms with Crippen molar-refractivity contribution < 1.29 is 0 Å². The Bertz CT molecular complexity index is 680. The number of aromatic nitrogens is 2. The first kappa shape index (κ1) is 11.2. The summed E-state index contributed by atoms with van der Waals surface area (Å²) >= 11 is 0. The van der Waals surface area contributed by atoms with E-state index in [1.165, 1.54) is 4.57 Å². The summed E-state index contributed by atoms with van der Waals surface area (Å²) in [5, 5.41) is 3.80. The summed E-state index contributed by atoms with van der Waals surface area (Å²) in [6.45, 7) is 1.64. The molecular formula is C13H15N3O2. The van der Waals surface area contributed by atoms with Crippen molar-refractivity contribution in [3.63, 3.8) is 0 Å². The highest BCUT2D eigenvalue weighted by atomic mass is 16.2. The number of aromatic amines is 1. The Morgan fingerprint density at radius 3 is 2.83 bits per heavy atom. The van der Waals surface area contributed by atoms with Gasteiger partial charge in [0.1, 0.15) is 0 Å². The van der Waals surface area contributed by atoms with Gasteiger partial charge in [-0.15, -0.1) is 0 Å². The van der Waals surface area contributed by atoms with Crippen molar-refractivity contribution in [3.05, 3.63) is 45.1 Å². The van der Waals surface area contributed by atoms with Crippen LogP contribution in [0.3, 0.4) is 0 Å². The van der Waals surface area contributed by atoms with Gasteiger partial charge in [0, 0.05) is 6.54 Å². The van der Waals surface area contributed by atoms with E-state index in [1.54, 1.807) is 12.1 Å². The fourth-order valence-corrected chi connectivity index (χ4v) is 2.56. The topological polar surface area (TPSA) is 66.9 Å². The fraction of sp³-hybridized carbons (Fsp3) is 0.385. The molecule has 0 saturated carbocycles. The van der Waals surface area contributed by atoms with Crippen molar-refractivity contribution >= 4 is 10.9 Å². The first-order chi connectivity index (χ1) is 8.77. The number of fused-ring (bicyclic) bond motifs is 1. The molecule has 1 atom stereocenters. The molecule has 2 heterocycles. The third-order valence-corrected chi connectivity index (χ3v) is 3.47. The van der Waals surface area contributed by atoms with Gasteiger partial charge in [0.05, 0.1) is 16.9 Å². The maximum atomic E-state index is 12.4. The predicted octanol–water partition coefficient (Wildman–Crippen LogP) is 0.614. The van der Waals surface area contributed by atoms with Gasteiger partial charge in [-0.1, -0.05) is 12.1 Å². The number of hydrogen-bond acceptors (Lipinski definition) is 3. The number of benzene rings is 1. The molecule has 0 aliphatic carbocycles. The molecule has 1 aromatic heterocycles. The van der Waals surface area contributed by atoms with E-state index in [4.69, 9.17) is 0 Å². The zero-order valence-electron chi connectivity index (χ0n) is 9.98. The van der Waals surface area contributed by atoms with Crippen LogP contribution in [0.4, 0.5) is 0 Å². The first-order valence-corrected chi connectivity index (χ1v) is 6.21. The highest BCUT2D eigenvalue weighted by Gasteiger charge is 2.19. The Labute approximate surface area is 103 Å². The van der Waals surface area contributed by atoms with Crippen molar-refractivity contribution in [2.24, 2.45) is 0 Å². The zero-order chi connectivity index (χ0) is 12.5. The molecule has 2 N–H and O–H groups in total. The molecule has 0 bridgehead atoms. The summed E-state index contributed by atoms with van der Waals surface area (Å²) in [6.07, 6.45) is 1.86. The number of hydrogen-bond donors (Lipinski definition) is 2. The summed E-state index contributed by atoms with van der Waals surface area (Å²) < 4.78 is 1.36. The molecule has 1 aliphatic rings. The van der Waals surface area contributed by atoms with Crippen LogP contribution in [-0.2, 0) is 0 Å². The minimum Gasteiger partial charge on any atom is -0.315 e. The average Bonchev–Trinajstić information content (AvgIpc) is 2.40. The maximum Gasteiger partial charge on any atom is 0.329 e. The second-order valence-corrected chi connectivity index (χ2v) is 4.65. The van der Waals surface area contributed by atoms with Crippen LogP contribution in [0.1, 0.15) is 18.9 Å². The predicted molar refractivity (Wildman–Crippen MR) is 70.0 cm³/mol. The Morgan fingerprint density at radius 1 is 1.22 bits per heavy atom. The molecular weight excluding hydrogens is 230 g/mol. The van der Waals surface area contributed by atoms with E-state index in [1.807, 2.05) is 12.1 Å². The molecule has 1 aliphatic heterocycles. The van der Waals surface area contributed by atoms with Gasteiger partial charge in [0.2, 0.25) is 0 Å². The van der Waals surface area contributed by atoms with E-state index in [0.29, 0.717) is 17.4 Å². The number of rotatable bonds is 1. The van der Waals surface area contributed by atoms with Crippen molar-refractivity contribution in [1.29, 1.82) is 0 Å². The van der Waals surface area contributed by atoms with E-state index >= 15 is 0 Å². The minimum atomic E-state index is -0.313. The van der Waals surface area contributed by atoms with Gasteiger partial charge in [0.25, 0.3) is 5.56 Å². The first-order valence-electron chi connectivity index (χ1n) is 6.21. The monoisotopic (exact) mass is 245 g/mol. The van der Waals surface area contributed by atoms with Gasteiger partial charge < -0.3 is 10.3 Å². The molecule has 0 unspecified atom stereocenters. The molecule has 0 spiro atoms. The largest absolute Gasteiger partial charge is 0.329 e. The van der Waals surface area contributed by atoms with Crippen molar-refractivity contribution in [3.8, 4) is 0 Å². The summed E-state index contributed by atoms with van der Waals surface area (Å²) in [4.78, 5) is 27.2. The molecule has 94 valence electrons. The highest BCUT2D eigenvalue weighted by Crippen LogP contribution is 2.13. The lowest BCUT2D eigenvalue weighted by Gasteiger charge is -2.24. The van der Waals surface area contributed by atoms with Gasteiger partial charge in [-0.25, -0.2) is 4.79 Å². The number of nitrogens with one attached hydrogen (secondary N) is 2. The molecule has 5 heteroatoms. The van der Waals surface area contributed by atoms with Crippen LogP contribution in [0, 0.1) is 0 Å². The standard InChI is InChI=1S/C13H15N3O2/c17-12-10-5-1-2-6-11(10)15-13(18)16(12)9-4-3-7-14-8-9/h1-2,5-6,9,14H,3-4,7-8H2,(H,15,18)/t9-/m1/s1. The zero-order valence-corrected chi connectivity index (χ0v) is 9.98. The third-order valence-electron chi connectivity index (χ3n) is 3.47. The van der Waals surface area contributed by atoms with Crippen LogP contribution < -0.4 is 16.6 Å². The Hall–Kier alpha value is -1.88. The normalized spacial score (nSPS) is 20.1. The van der Waals surface area contributed by atoms with Gasteiger partial charge in [0.15, 0.2) is 0 Å². The Balaban J connectivity index is 2.22. The van der Waals surface area contributed by atoms with Crippen LogP contribution in [0.5, 0.6) is 0 Å². The molecule has 0 amide bonds. The van der Waals surface area contributed by atoms with E-state index in [9.17, 15) is 9.59 Å². The summed E-state index contributed by atoms with van der Waals surface area (Å²) in [7, 11) is 0. The Morgan fingerprint density at radius 2 is 2.06 bits per heavy atom. The van der Waals surface area contributed by atoms with E-state index in [2.05, 4.69) is 10.3 Å². The quantitative estimate of drug-likeness (QED) is 0.773. The van der Waals surface area contributed by atoms with Gasteiger partial charge in [-0.2, -0.15) is 0 Å².